The number of fused-ring (bicyclic) bond motifs is 2. The highest BCUT2D eigenvalue weighted by Crippen LogP contribution is 2.69. The average molecular weight is 320 g/mol. The number of Topliss-reactive ketones (excluding diaryl/α,β-unsaturated/α-hetero) is 2. The third-order valence-electron chi connectivity index (χ3n) is 6.05. The fourth-order valence-electron chi connectivity index (χ4n) is 4.06. The fraction of sp³-hybridized carbons (Fsp3) is 0.471. The van der Waals surface area contributed by atoms with Gasteiger partial charge in [0.2, 0.25) is 17.5 Å². The molecule has 2 bridgehead atoms. The number of para-hydroxylation sites is 1. The number of ketones is 2. The van der Waals surface area contributed by atoms with E-state index in [-0.39, 0.29) is 0 Å². The van der Waals surface area contributed by atoms with Crippen molar-refractivity contribution in [3.63, 3.8) is 0 Å². The van der Waals surface area contributed by atoms with Crippen LogP contribution in [-0.2, 0) is 14.4 Å². The van der Waals surface area contributed by atoms with E-state index in [1.807, 2.05) is 13.8 Å². The molecule has 0 aliphatic heterocycles. The van der Waals surface area contributed by atoms with Gasteiger partial charge in [-0.15, -0.1) is 0 Å². The van der Waals surface area contributed by atoms with Gasteiger partial charge in [0.05, 0.1) is 10.7 Å². The van der Waals surface area contributed by atoms with Crippen LogP contribution in [0, 0.1) is 16.2 Å². The van der Waals surface area contributed by atoms with Gasteiger partial charge in [-0.05, 0) is 30.4 Å². The monoisotopic (exact) mass is 319 g/mol. The molecule has 22 heavy (non-hydrogen) atoms. The van der Waals surface area contributed by atoms with E-state index in [1.165, 1.54) is 0 Å². The predicted octanol–water partition coefficient (Wildman–Crippen LogP) is 3.24. The van der Waals surface area contributed by atoms with E-state index in [0.29, 0.717) is 23.6 Å². The molecule has 2 aliphatic carbocycles. The van der Waals surface area contributed by atoms with Crippen LogP contribution in [0.1, 0.15) is 33.6 Å². The molecule has 2 aliphatic rings. The van der Waals surface area contributed by atoms with Crippen molar-refractivity contribution in [3.8, 4) is 0 Å². The van der Waals surface area contributed by atoms with Crippen LogP contribution < -0.4 is 5.32 Å². The minimum atomic E-state index is -1.29. The van der Waals surface area contributed by atoms with E-state index in [1.54, 1.807) is 31.2 Å². The Hall–Kier alpha value is -1.68. The first-order valence-electron chi connectivity index (χ1n) is 7.34. The summed E-state index contributed by atoms with van der Waals surface area (Å²) in [4.78, 5) is 37.9. The Labute approximate surface area is 134 Å². The number of hydrogen-bond acceptors (Lipinski definition) is 3. The van der Waals surface area contributed by atoms with Crippen molar-refractivity contribution in [2.45, 2.75) is 33.6 Å². The third-order valence-corrected chi connectivity index (χ3v) is 6.38. The lowest BCUT2D eigenvalue weighted by atomic mass is 9.64. The highest BCUT2D eigenvalue weighted by Gasteiger charge is 2.77. The number of anilines is 1. The molecule has 116 valence electrons. The molecule has 2 atom stereocenters. The van der Waals surface area contributed by atoms with Gasteiger partial charge in [0.25, 0.3) is 0 Å². The molecule has 0 unspecified atom stereocenters. The molecular weight excluding hydrogens is 302 g/mol. The molecule has 1 N–H and O–H groups in total. The van der Waals surface area contributed by atoms with E-state index in [0.717, 1.165) is 0 Å². The largest absolute Gasteiger partial charge is 0.324 e. The van der Waals surface area contributed by atoms with Crippen LogP contribution in [0.5, 0.6) is 0 Å². The second kappa shape index (κ2) is 4.42. The normalized spacial score (nSPS) is 32.4. The molecule has 5 heteroatoms. The summed E-state index contributed by atoms with van der Waals surface area (Å²) in [7, 11) is 0. The van der Waals surface area contributed by atoms with E-state index < -0.39 is 33.7 Å². The van der Waals surface area contributed by atoms with Gasteiger partial charge in [-0.2, -0.15) is 0 Å². The maximum atomic E-state index is 12.9. The van der Waals surface area contributed by atoms with Crippen molar-refractivity contribution in [2.24, 2.45) is 16.2 Å². The minimum absolute atomic E-state index is 0.400. The zero-order valence-electron chi connectivity index (χ0n) is 12.8. The van der Waals surface area contributed by atoms with Crippen molar-refractivity contribution in [2.75, 3.05) is 5.32 Å². The van der Waals surface area contributed by atoms with Crippen LogP contribution in [0.2, 0.25) is 5.02 Å². The molecule has 0 spiro atoms. The predicted molar refractivity (Wildman–Crippen MR) is 83.7 cm³/mol. The van der Waals surface area contributed by atoms with Gasteiger partial charge in [-0.3, -0.25) is 14.4 Å². The number of halogens is 1. The summed E-state index contributed by atoms with van der Waals surface area (Å²) in [6.45, 7) is 5.48. The number of benzene rings is 1. The zero-order valence-corrected chi connectivity index (χ0v) is 13.6. The highest BCUT2D eigenvalue weighted by molar-refractivity contribution is 6.49. The first kappa shape index (κ1) is 15.2. The zero-order chi connectivity index (χ0) is 16.3. The molecule has 2 saturated carbocycles. The maximum absolute atomic E-state index is 12.9. The van der Waals surface area contributed by atoms with Crippen LogP contribution in [-0.4, -0.2) is 17.5 Å². The van der Waals surface area contributed by atoms with Gasteiger partial charge in [0, 0.05) is 5.41 Å². The van der Waals surface area contributed by atoms with Gasteiger partial charge in [-0.25, -0.2) is 0 Å². The Bertz CT molecular complexity index is 712. The average Bonchev–Trinajstić information content (AvgIpc) is 2.74. The van der Waals surface area contributed by atoms with Crippen LogP contribution in [0.4, 0.5) is 5.69 Å². The number of amides is 1. The Morgan fingerprint density at radius 1 is 1.09 bits per heavy atom. The molecule has 0 saturated heterocycles. The molecule has 4 nitrogen and oxygen atoms in total. The number of hydrogen-bond donors (Lipinski definition) is 1. The summed E-state index contributed by atoms with van der Waals surface area (Å²) in [5.74, 6) is -1.40. The van der Waals surface area contributed by atoms with Crippen LogP contribution >= 0.6 is 11.6 Å². The molecule has 3 rings (SSSR count). The number of rotatable bonds is 2. The Kier molecular flexibility index (Phi) is 3.06. The summed E-state index contributed by atoms with van der Waals surface area (Å²) < 4.78 is 0. The third kappa shape index (κ3) is 1.51. The van der Waals surface area contributed by atoms with Crippen molar-refractivity contribution < 1.29 is 14.4 Å². The molecule has 1 aromatic carbocycles. The van der Waals surface area contributed by atoms with Gasteiger partial charge < -0.3 is 5.32 Å². The number of nitrogens with one attached hydrogen (secondary N) is 1. The van der Waals surface area contributed by atoms with Crippen molar-refractivity contribution in [1.82, 2.24) is 0 Å². The lowest BCUT2D eigenvalue weighted by Gasteiger charge is -2.37. The molecule has 0 heterocycles. The summed E-state index contributed by atoms with van der Waals surface area (Å²) >= 11 is 6.07. The standard InChI is InChI=1S/C17H18ClNO3/c1-15(2)16(3)8-9-17(15,13(21)12(16)20)14(22)19-11-7-5-4-6-10(11)18/h4-7H,8-9H2,1-3H3,(H,19,22)/t16-,17-/m0/s1. The van der Waals surface area contributed by atoms with Crippen LogP contribution in [0.3, 0.4) is 0 Å². The lowest BCUT2D eigenvalue weighted by Crippen LogP contribution is -2.47. The first-order valence-corrected chi connectivity index (χ1v) is 7.71. The fourth-order valence-corrected chi connectivity index (χ4v) is 4.25. The van der Waals surface area contributed by atoms with E-state index in [2.05, 4.69) is 5.32 Å². The number of carbonyl (C=O) groups is 3. The van der Waals surface area contributed by atoms with Gasteiger partial charge >= 0.3 is 0 Å². The quantitative estimate of drug-likeness (QED) is 0.672. The summed E-state index contributed by atoms with van der Waals surface area (Å²) in [6, 6.07) is 6.86. The first-order chi connectivity index (χ1) is 10.2. The lowest BCUT2D eigenvalue weighted by molar-refractivity contribution is -0.147. The minimum Gasteiger partial charge on any atom is -0.324 e. The molecule has 1 amide bonds. The van der Waals surface area contributed by atoms with E-state index in [9.17, 15) is 14.4 Å². The Balaban J connectivity index is 2.04. The smallest absolute Gasteiger partial charge is 0.239 e. The molecule has 0 radical (unpaired) electrons. The highest BCUT2D eigenvalue weighted by atomic mass is 35.5. The summed E-state index contributed by atoms with van der Waals surface area (Å²) in [6.07, 6.45) is 0.956. The van der Waals surface area contributed by atoms with Gasteiger partial charge in [0.15, 0.2) is 0 Å². The van der Waals surface area contributed by atoms with E-state index in [4.69, 9.17) is 11.6 Å². The van der Waals surface area contributed by atoms with Crippen molar-refractivity contribution in [1.29, 1.82) is 0 Å². The molecule has 0 aromatic heterocycles. The van der Waals surface area contributed by atoms with Crippen molar-refractivity contribution >= 4 is 34.8 Å². The second-order valence-corrected chi connectivity index (χ2v) is 7.36. The molecule has 1 aromatic rings. The Morgan fingerprint density at radius 3 is 2.27 bits per heavy atom. The summed E-state index contributed by atoms with van der Waals surface area (Å²) in [5.41, 5.74) is -2.31. The maximum Gasteiger partial charge on any atom is 0.239 e. The van der Waals surface area contributed by atoms with Gasteiger partial charge in [0.1, 0.15) is 5.41 Å². The van der Waals surface area contributed by atoms with E-state index >= 15 is 0 Å². The Morgan fingerprint density at radius 2 is 1.73 bits per heavy atom. The van der Waals surface area contributed by atoms with Crippen molar-refractivity contribution in [3.05, 3.63) is 29.3 Å². The second-order valence-electron chi connectivity index (χ2n) is 6.95. The summed E-state index contributed by atoms with van der Waals surface area (Å²) in [5, 5.41) is 3.16. The topological polar surface area (TPSA) is 63.2 Å². The SMILES string of the molecule is CC1(C)[C@@]2(C(=O)Nc3ccccc3Cl)CC[C@@]1(C)C(=O)C2=O. The number of carbonyl (C=O) groups excluding carboxylic acids is 3. The molecule has 2 fully saturated rings. The molecular formula is C17H18ClNO3. The van der Waals surface area contributed by atoms with Crippen LogP contribution in [0.25, 0.3) is 0 Å². The van der Waals surface area contributed by atoms with Crippen LogP contribution in [0.15, 0.2) is 24.3 Å². The van der Waals surface area contributed by atoms with Gasteiger partial charge in [-0.1, -0.05) is 44.5 Å².